The molecule has 4 heterocycles. The predicted molar refractivity (Wildman–Crippen MR) is 118 cm³/mol. The third-order valence-corrected chi connectivity index (χ3v) is 6.17. The highest BCUT2D eigenvalue weighted by molar-refractivity contribution is 6.35. The highest BCUT2D eigenvalue weighted by atomic mass is 35.5. The number of fused-ring (bicyclic) bond motifs is 3. The van der Waals surface area contributed by atoms with Crippen LogP contribution in [0.2, 0.25) is 5.02 Å². The molecule has 1 unspecified atom stereocenters. The average molecular weight is 421 g/mol. The molecule has 1 atom stereocenters. The van der Waals surface area contributed by atoms with Crippen LogP contribution in [-0.4, -0.2) is 43.6 Å². The number of carbonyl (C=O) groups is 1. The van der Waals surface area contributed by atoms with Gasteiger partial charge in [0.1, 0.15) is 5.82 Å². The molecule has 1 aromatic carbocycles. The molecule has 152 valence electrons. The van der Waals surface area contributed by atoms with Gasteiger partial charge in [0.2, 0.25) is 0 Å². The van der Waals surface area contributed by atoms with Crippen LogP contribution < -0.4 is 5.73 Å². The van der Waals surface area contributed by atoms with Gasteiger partial charge in [-0.25, -0.2) is 4.98 Å². The van der Waals surface area contributed by atoms with Gasteiger partial charge in [-0.3, -0.25) is 14.5 Å². The Morgan fingerprint density at radius 1 is 1.23 bits per heavy atom. The molecule has 3 aromatic heterocycles. The minimum atomic E-state index is -0.0799. The van der Waals surface area contributed by atoms with Crippen LogP contribution in [0.3, 0.4) is 0 Å². The molecular formula is C22H21ClN6O. The zero-order valence-electron chi connectivity index (χ0n) is 16.8. The molecule has 1 saturated heterocycles. The number of aromatic nitrogens is 4. The first kappa shape index (κ1) is 18.8. The second kappa shape index (κ2) is 6.95. The van der Waals surface area contributed by atoms with E-state index in [-0.39, 0.29) is 11.8 Å². The highest BCUT2D eigenvalue weighted by Gasteiger charge is 2.30. The molecule has 0 aliphatic carbocycles. The van der Waals surface area contributed by atoms with Gasteiger partial charge in [-0.05, 0) is 37.1 Å². The molecule has 0 spiro atoms. The summed E-state index contributed by atoms with van der Waals surface area (Å²) in [5.41, 5.74) is 10.2. The average Bonchev–Trinajstić information content (AvgIpc) is 3.36. The Hall–Kier alpha value is -3.19. The van der Waals surface area contributed by atoms with Crippen molar-refractivity contribution >= 4 is 45.1 Å². The standard InChI is InChI=1S/C22H21ClN6O/c1-12-3-4-18(25-9-12)13-5-6-29(11-13)22(30)14-7-15-19(8-17(14)23)27-21(24)16-10-26-28(2)20(15)16/h3-4,7-10,13H,5-6,11H2,1-2H3,(H2,24,27). The Morgan fingerprint density at radius 2 is 2.07 bits per heavy atom. The first-order valence-corrected chi connectivity index (χ1v) is 10.2. The second-order valence-corrected chi connectivity index (χ2v) is 8.28. The number of amides is 1. The van der Waals surface area contributed by atoms with E-state index in [0.717, 1.165) is 34.0 Å². The molecule has 0 bridgehead atoms. The summed E-state index contributed by atoms with van der Waals surface area (Å²) in [5.74, 6) is 0.552. The SMILES string of the molecule is Cc1ccc(C2CCN(C(=O)c3cc4c(cc3Cl)nc(N)c3cnn(C)c34)C2)nc1. The molecule has 4 aromatic rings. The summed E-state index contributed by atoms with van der Waals surface area (Å²) in [6.45, 7) is 3.32. The lowest BCUT2D eigenvalue weighted by Gasteiger charge is -2.18. The number of benzene rings is 1. The van der Waals surface area contributed by atoms with Crippen molar-refractivity contribution in [3.05, 3.63) is 58.5 Å². The number of aryl methyl sites for hydroxylation is 2. The number of pyridine rings is 2. The molecule has 1 aliphatic heterocycles. The fourth-order valence-corrected chi connectivity index (χ4v) is 4.46. The Kier molecular flexibility index (Phi) is 4.36. The molecule has 30 heavy (non-hydrogen) atoms. The lowest BCUT2D eigenvalue weighted by atomic mass is 10.0. The van der Waals surface area contributed by atoms with Crippen molar-refractivity contribution < 1.29 is 4.79 Å². The molecule has 7 nitrogen and oxygen atoms in total. The monoisotopic (exact) mass is 420 g/mol. The highest BCUT2D eigenvalue weighted by Crippen LogP contribution is 2.33. The van der Waals surface area contributed by atoms with E-state index in [4.69, 9.17) is 17.3 Å². The predicted octanol–water partition coefficient (Wildman–Crippen LogP) is 3.69. The second-order valence-electron chi connectivity index (χ2n) is 7.87. The smallest absolute Gasteiger partial charge is 0.255 e. The summed E-state index contributed by atoms with van der Waals surface area (Å²) in [6.07, 6.45) is 4.45. The molecule has 1 fully saturated rings. The number of carbonyl (C=O) groups excluding carboxylic acids is 1. The number of nitrogens with two attached hydrogens (primary N) is 1. The van der Waals surface area contributed by atoms with Gasteiger partial charge < -0.3 is 10.6 Å². The Bertz CT molecular complexity index is 1300. The Labute approximate surface area is 178 Å². The molecule has 8 heteroatoms. The van der Waals surface area contributed by atoms with Crippen LogP contribution in [-0.2, 0) is 7.05 Å². The summed E-state index contributed by atoms with van der Waals surface area (Å²) < 4.78 is 1.74. The van der Waals surface area contributed by atoms with Crippen LogP contribution in [0.25, 0.3) is 21.8 Å². The fraction of sp³-hybridized carbons (Fsp3) is 0.273. The number of anilines is 1. The van der Waals surface area contributed by atoms with Crippen molar-refractivity contribution in [2.75, 3.05) is 18.8 Å². The van der Waals surface area contributed by atoms with Gasteiger partial charge in [-0.15, -0.1) is 0 Å². The first-order valence-electron chi connectivity index (χ1n) is 9.84. The molecule has 0 radical (unpaired) electrons. The van der Waals surface area contributed by atoms with E-state index in [1.165, 1.54) is 0 Å². The van der Waals surface area contributed by atoms with Crippen LogP contribution in [0.1, 0.15) is 34.0 Å². The zero-order chi connectivity index (χ0) is 21.0. The van der Waals surface area contributed by atoms with Gasteiger partial charge in [-0.1, -0.05) is 17.7 Å². The minimum absolute atomic E-state index is 0.0799. The maximum Gasteiger partial charge on any atom is 0.255 e. The van der Waals surface area contributed by atoms with Crippen LogP contribution in [0, 0.1) is 6.92 Å². The summed E-state index contributed by atoms with van der Waals surface area (Å²) in [5, 5.41) is 6.23. The quantitative estimate of drug-likeness (QED) is 0.534. The molecule has 1 aliphatic rings. The van der Waals surface area contributed by atoms with Crippen molar-refractivity contribution in [3.8, 4) is 0 Å². The summed E-state index contributed by atoms with van der Waals surface area (Å²) in [4.78, 5) is 24.2. The van der Waals surface area contributed by atoms with Gasteiger partial charge in [0, 0.05) is 43.3 Å². The van der Waals surface area contributed by atoms with Crippen LogP contribution in [0.5, 0.6) is 0 Å². The Balaban J connectivity index is 1.51. The van der Waals surface area contributed by atoms with Crippen molar-refractivity contribution in [2.24, 2.45) is 7.05 Å². The van der Waals surface area contributed by atoms with E-state index < -0.39 is 0 Å². The molecule has 2 N–H and O–H groups in total. The largest absolute Gasteiger partial charge is 0.383 e. The number of hydrogen-bond donors (Lipinski definition) is 1. The molecule has 1 amide bonds. The summed E-state index contributed by atoms with van der Waals surface area (Å²) in [7, 11) is 1.84. The summed E-state index contributed by atoms with van der Waals surface area (Å²) >= 11 is 6.50. The number of likely N-dealkylation sites (tertiary alicyclic amines) is 1. The number of hydrogen-bond acceptors (Lipinski definition) is 5. The number of nitrogen functional groups attached to an aromatic ring is 1. The molecule has 0 saturated carbocycles. The lowest BCUT2D eigenvalue weighted by molar-refractivity contribution is 0.0791. The maximum atomic E-state index is 13.3. The van der Waals surface area contributed by atoms with Gasteiger partial charge in [0.05, 0.1) is 33.2 Å². The molecular weight excluding hydrogens is 400 g/mol. The van der Waals surface area contributed by atoms with E-state index in [0.29, 0.717) is 35.0 Å². The third-order valence-electron chi connectivity index (χ3n) is 5.85. The van der Waals surface area contributed by atoms with Crippen LogP contribution >= 0.6 is 11.6 Å². The number of halogens is 1. The number of rotatable bonds is 2. The van der Waals surface area contributed by atoms with Gasteiger partial charge in [0.15, 0.2) is 0 Å². The number of nitrogens with zero attached hydrogens (tertiary/aromatic N) is 5. The van der Waals surface area contributed by atoms with E-state index in [2.05, 4.69) is 21.1 Å². The normalized spacial score (nSPS) is 16.6. The topological polar surface area (TPSA) is 89.9 Å². The zero-order valence-corrected chi connectivity index (χ0v) is 17.5. The van der Waals surface area contributed by atoms with Crippen molar-refractivity contribution in [2.45, 2.75) is 19.3 Å². The lowest BCUT2D eigenvalue weighted by Crippen LogP contribution is -2.28. The maximum absolute atomic E-state index is 13.3. The van der Waals surface area contributed by atoms with Gasteiger partial charge in [-0.2, -0.15) is 5.10 Å². The summed E-state index contributed by atoms with van der Waals surface area (Å²) in [6, 6.07) is 7.63. The third kappa shape index (κ3) is 2.97. The van der Waals surface area contributed by atoms with Crippen molar-refractivity contribution in [3.63, 3.8) is 0 Å². The van der Waals surface area contributed by atoms with E-state index >= 15 is 0 Å². The fourth-order valence-electron chi connectivity index (χ4n) is 4.22. The van der Waals surface area contributed by atoms with Crippen molar-refractivity contribution in [1.82, 2.24) is 24.6 Å². The minimum Gasteiger partial charge on any atom is -0.383 e. The van der Waals surface area contributed by atoms with Crippen molar-refractivity contribution in [1.29, 1.82) is 0 Å². The van der Waals surface area contributed by atoms with Gasteiger partial charge >= 0.3 is 0 Å². The van der Waals surface area contributed by atoms with Crippen LogP contribution in [0.4, 0.5) is 5.82 Å². The molecule has 5 rings (SSSR count). The van der Waals surface area contributed by atoms with E-state index in [1.807, 2.05) is 37.2 Å². The van der Waals surface area contributed by atoms with Gasteiger partial charge in [0.25, 0.3) is 5.91 Å². The first-order chi connectivity index (χ1) is 14.4. The van der Waals surface area contributed by atoms with E-state index in [1.54, 1.807) is 16.9 Å². The Morgan fingerprint density at radius 3 is 2.83 bits per heavy atom. The van der Waals surface area contributed by atoms with Crippen LogP contribution in [0.15, 0.2) is 36.7 Å². The van der Waals surface area contributed by atoms with E-state index in [9.17, 15) is 4.79 Å².